The van der Waals surface area contributed by atoms with Gasteiger partial charge in [-0.05, 0) is 36.0 Å². The second kappa shape index (κ2) is 7.15. The number of H-pyrrole nitrogens is 2. The molecular formula is C19H17ClN4OS. The number of pyridine rings is 1. The summed E-state index contributed by atoms with van der Waals surface area (Å²) in [6, 6.07) is 11.7. The second-order valence-electron chi connectivity index (χ2n) is 6.39. The summed E-state index contributed by atoms with van der Waals surface area (Å²) >= 11 is 11.1. The first-order chi connectivity index (χ1) is 12.6. The number of nitrogens with one attached hydrogen (secondary N) is 2. The number of aromatic amines is 2. The second-order valence-corrected chi connectivity index (χ2v) is 7.23. The molecule has 26 heavy (non-hydrogen) atoms. The molecule has 2 aromatic heterocycles. The van der Waals surface area contributed by atoms with Crippen molar-refractivity contribution in [2.75, 3.05) is 6.54 Å². The summed E-state index contributed by atoms with van der Waals surface area (Å²) in [5, 5.41) is 0.699. The quantitative estimate of drug-likeness (QED) is 0.676. The van der Waals surface area contributed by atoms with E-state index in [1.165, 1.54) is 0 Å². The Kier molecular flexibility index (Phi) is 4.72. The first-order valence-corrected chi connectivity index (χ1v) is 9.15. The smallest absolute Gasteiger partial charge is 0.256 e. The van der Waals surface area contributed by atoms with Gasteiger partial charge in [0, 0.05) is 48.5 Å². The minimum atomic E-state index is -0.0946. The molecular weight excluding hydrogens is 368 g/mol. The lowest BCUT2D eigenvalue weighted by Gasteiger charge is -2.27. The van der Waals surface area contributed by atoms with Crippen LogP contribution in [0.4, 0.5) is 0 Å². The molecule has 0 spiro atoms. The molecule has 7 heteroatoms. The van der Waals surface area contributed by atoms with Gasteiger partial charge in [0.15, 0.2) is 4.77 Å². The summed E-state index contributed by atoms with van der Waals surface area (Å²) < 4.78 is 0.392. The number of hydrogen-bond donors (Lipinski definition) is 2. The molecule has 0 atom stereocenters. The molecule has 0 unspecified atom stereocenters. The van der Waals surface area contributed by atoms with E-state index in [2.05, 4.69) is 25.9 Å². The SMILES string of the molecule is O=c1[nH]c(=S)[nH]c2c1CN(Cc1ccc(-c3cccc(Cl)c3)nc1)CC2. The summed E-state index contributed by atoms with van der Waals surface area (Å²) in [6.45, 7) is 2.22. The van der Waals surface area contributed by atoms with E-state index in [4.69, 9.17) is 23.8 Å². The number of aromatic nitrogens is 3. The van der Waals surface area contributed by atoms with Crippen molar-refractivity contribution in [1.29, 1.82) is 0 Å². The van der Waals surface area contributed by atoms with Crippen LogP contribution in [0.2, 0.25) is 5.02 Å². The van der Waals surface area contributed by atoms with Crippen LogP contribution in [0.15, 0.2) is 47.4 Å². The topological polar surface area (TPSA) is 64.8 Å². The van der Waals surface area contributed by atoms with Crippen molar-refractivity contribution in [1.82, 2.24) is 19.9 Å². The zero-order chi connectivity index (χ0) is 18.1. The lowest BCUT2D eigenvalue weighted by atomic mass is 10.1. The highest BCUT2D eigenvalue weighted by molar-refractivity contribution is 7.71. The summed E-state index contributed by atoms with van der Waals surface area (Å²) in [4.78, 5) is 24.7. The third-order valence-electron chi connectivity index (χ3n) is 4.54. The molecule has 1 aromatic carbocycles. The molecule has 3 heterocycles. The van der Waals surface area contributed by atoms with Gasteiger partial charge in [0.1, 0.15) is 0 Å². The average Bonchev–Trinajstić information content (AvgIpc) is 2.63. The highest BCUT2D eigenvalue weighted by Crippen LogP contribution is 2.22. The van der Waals surface area contributed by atoms with Crippen molar-refractivity contribution >= 4 is 23.8 Å². The van der Waals surface area contributed by atoms with Gasteiger partial charge in [-0.2, -0.15) is 0 Å². The van der Waals surface area contributed by atoms with Gasteiger partial charge in [0.2, 0.25) is 0 Å². The minimum absolute atomic E-state index is 0.0946. The van der Waals surface area contributed by atoms with E-state index in [9.17, 15) is 4.79 Å². The molecule has 3 aromatic rings. The Balaban J connectivity index is 1.50. The van der Waals surface area contributed by atoms with E-state index in [0.29, 0.717) is 16.3 Å². The normalized spacial score (nSPS) is 14.2. The van der Waals surface area contributed by atoms with Crippen LogP contribution >= 0.6 is 23.8 Å². The Morgan fingerprint density at radius 2 is 2.12 bits per heavy atom. The van der Waals surface area contributed by atoms with Gasteiger partial charge >= 0.3 is 0 Å². The van der Waals surface area contributed by atoms with Crippen molar-refractivity contribution in [3.05, 3.63) is 79.6 Å². The fourth-order valence-electron chi connectivity index (χ4n) is 3.24. The lowest BCUT2D eigenvalue weighted by molar-refractivity contribution is 0.241. The fraction of sp³-hybridized carbons (Fsp3) is 0.211. The molecule has 5 nitrogen and oxygen atoms in total. The van der Waals surface area contributed by atoms with Crippen molar-refractivity contribution < 1.29 is 0 Å². The Labute approximate surface area is 160 Å². The lowest BCUT2D eigenvalue weighted by Crippen LogP contribution is -2.35. The van der Waals surface area contributed by atoms with Crippen LogP contribution in [-0.4, -0.2) is 26.4 Å². The van der Waals surface area contributed by atoms with Gasteiger partial charge in [-0.25, -0.2) is 0 Å². The molecule has 4 rings (SSSR count). The standard InChI is InChI=1S/C19H17ClN4OS/c20-14-3-1-2-13(8-14)16-5-4-12(9-21-16)10-24-7-6-17-15(11-24)18(25)23-19(26)22-17/h1-5,8-9H,6-7,10-11H2,(H2,22,23,25,26). The number of halogens is 1. The van der Waals surface area contributed by atoms with Gasteiger partial charge in [-0.15, -0.1) is 0 Å². The van der Waals surface area contributed by atoms with E-state index in [1.54, 1.807) is 0 Å². The van der Waals surface area contributed by atoms with E-state index >= 15 is 0 Å². The molecule has 1 aliphatic heterocycles. The largest absolute Gasteiger partial charge is 0.335 e. The molecule has 0 aliphatic carbocycles. The van der Waals surface area contributed by atoms with E-state index < -0.39 is 0 Å². The van der Waals surface area contributed by atoms with Crippen LogP contribution in [-0.2, 0) is 19.5 Å². The number of fused-ring (bicyclic) bond motifs is 1. The Hall–Kier alpha value is -2.28. The molecule has 0 saturated heterocycles. The van der Waals surface area contributed by atoms with Crippen LogP contribution in [0.5, 0.6) is 0 Å². The maximum Gasteiger partial charge on any atom is 0.256 e. The van der Waals surface area contributed by atoms with Gasteiger partial charge in [-0.3, -0.25) is 19.7 Å². The Morgan fingerprint density at radius 3 is 2.88 bits per heavy atom. The molecule has 0 fully saturated rings. The summed E-state index contributed by atoms with van der Waals surface area (Å²) in [5.41, 5.74) is 4.63. The van der Waals surface area contributed by atoms with Crippen molar-refractivity contribution in [2.24, 2.45) is 0 Å². The van der Waals surface area contributed by atoms with Crippen LogP contribution in [0.25, 0.3) is 11.3 Å². The summed E-state index contributed by atoms with van der Waals surface area (Å²) in [5.74, 6) is 0. The van der Waals surface area contributed by atoms with Crippen molar-refractivity contribution in [3.63, 3.8) is 0 Å². The van der Waals surface area contributed by atoms with Gasteiger partial charge in [-0.1, -0.05) is 29.8 Å². The third-order valence-corrected chi connectivity index (χ3v) is 4.98. The molecule has 0 amide bonds. The summed E-state index contributed by atoms with van der Waals surface area (Å²) in [7, 11) is 0. The fourth-order valence-corrected chi connectivity index (χ4v) is 3.65. The maximum atomic E-state index is 12.1. The minimum Gasteiger partial charge on any atom is -0.335 e. The van der Waals surface area contributed by atoms with E-state index in [0.717, 1.165) is 47.6 Å². The average molecular weight is 385 g/mol. The van der Waals surface area contributed by atoms with Gasteiger partial charge in [0.05, 0.1) is 11.3 Å². The Bertz CT molecular complexity index is 1060. The molecule has 1 aliphatic rings. The highest BCUT2D eigenvalue weighted by Gasteiger charge is 2.19. The van der Waals surface area contributed by atoms with Gasteiger partial charge < -0.3 is 4.98 Å². The van der Waals surface area contributed by atoms with Crippen LogP contribution < -0.4 is 5.56 Å². The van der Waals surface area contributed by atoms with Crippen molar-refractivity contribution in [2.45, 2.75) is 19.5 Å². The van der Waals surface area contributed by atoms with Crippen LogP contribution in [0.3, 0.4) is 0 Å². The zero-order valence-electron chi connectivity index (χ0n) is 14.0. The molecule has 0 radical (unpaired) electrons. The maximum absolute atomic E-state index is 12.1. The predicted octanol–water partition coefficient (Wildman–Crippen LogP) is 3.71. The zero-order valence-corrected chi connectivity index (χ0v) is 15.5. The molecule has 2 N–H and O–H groups in total. The number of hydrogen-bond acceptors (Lipinski definition) is 4. The number of benzene rings is 1. The first-order valence-electron chi connectivity index (χ1n) is 8.36. The van der Waals surface area contributed by atoms with E-state index in [1.807, 2.05) is 36.5 Å². The van der Waals surface area contributed by atoms with Gasteiger partial charge in [0.25, 0.3) is 5.56 Å². The highest BCUT2D eigenvalue weighted by atomic mass is 35.5. The third kappa shape index (κ3) is 3.62. The molecule has 0 saturated carbocycles. The van der Waals surface area contributed by atoms with Crippen LogP contribution in [0.1, 0.15) is 16.8 Å². The molecule has 0 bridgehead atoms. The van der Waals surface area contributed by atoms with E-state index in [-0.39, 0.29) is 5.56 Å². The number of nitrogens with zero attached hydrogens (tertiary/aromatic N) is 2. The summed E-state index contributed by atoms with van der Waals surface area (Å²) in [6.07, 6.45) is 2.67. The number of rotatable bonds is 3. The first kappa shape index (κ1) is 17.1. The molecule has 132 valence electrons. The van der Waals surface area contributed by atoms with Crippen molar-refractivity contribution in [3.8, 4) is 11.3 Å². The monoisotopic (exact) mass is 384 g/mol. The Morgan fingerprint density at radius 1 is 1.23 bits per heavy atom. The predicted molar refractivity (Wildman–Crippen MR) is 105 cm³/mol. The van der Waals surface area contributed by atoms with Crippen LogP contribution in [0, 0.1) is 4.77 Å².